The summed E-state index contributed by atoms with van der Waals surface area (Å²) in [4.78, 5) is 25.4. The Balaban J connectivity index is 2.29. The SMILES string of the molecule is C#CC#CN1CCC/C1=C/C=C1/C(=O)N(C)N=C1C(C)=O. The molecule has 0 radical (unpaired) electrons. The van der Waals surface area contributed by atoms with E-state index < -0.39 is 0 Å². The standard InChI is InChI=1S/C16H15N3O2/c1-4-5-10-19-11-6-7-13(19)8-9-14-15(12(2)20)17-18(3)16(14)21/h1,8-9H,6-7,11H2,2-3H3/b13-8-,14-9+. The van der Waals surface area contributed by atoms with E-state index in [1.54, 1.807) is 6.08 Å². The fourth-order valence-corrected chi connectivity index (χ4v) is 2.21. The van der Waals surface area contributed by atoms with Gasteiger partial charge >= 0.3 is 0 Å². The molecule has 5 nitrogen and oxygen atoms in total. The first-order chi connectivity index (χ1) is 10.0. The van der Waals surface area contributed by atoms with Crippen molar-refractivity contribution < 1.29 is 9.59 Å². The number of likely N-dealkylation sites (N-methyl/N-ethyl adjacent to an activating group) is 1. The van der Waals surface area contributed by atoms with E-state index in [2.05, 4.69) is 23.0 Å². The van der Waals surface area contributed by atoms with Gasteiger partial charge in [0.1, 0.15) is 5.71 Å². The summed E-state index contributed by atoms with van der Waals surface area (Å²) in [6.07, 6.45) is 10.4. The lowest BCUT2D eigenvalue weighted by Gasteiger charge is -2.09. The molecule has 21 heavy (non-hydrogen) atoms. The number of ketones is 1. The maximum atomic E-state index is 12.0. The van der Waals surface area contributed by atoms with Gasteiger partial charge in [-0.3, -0.25) is 9.59 Å². The van der Waals surface area contributed by atoms with E-state index in [1.807, 2.05) is 11.0 Å². The second-order valence-electron chi connectivity index (χ2n) is 4.71. The van der Waals surface area contributed by atoms with Crippen molar-refractivity contribution in [2.75, 3.05) is 13.6 Å². The number of amides is 1. The molecule has 1 amide bonds. The van der Waals surface area contributed by atoms with Crippen molar-refractivity contribution in [3.8, 4) is 24.3 Å². The van der Waals surface area contributed by atoms with Crippen LogP contribution >= 0.6 is 0 Å². The van der Waals surface area contributed by atoms with Crippen LogP contribution in [-0.4, -0.2) is 40.9 Å². The molecule has 0 bridgehead atoms. The van der Waals surface area contributed by atoms with Gasteiger partial charge in [-0.25, -0.2) is 5.01 Å². The summed E-state index contributed by atoms with van der Waals surface area (Å²) in [6.45, 7) is 2.21. The zero-order chi connectivity index (χ0) is 15.4. The molecule has 0 aliphatic carbocycles. The van der Waals surface area contributed by atoms with Gasteiger partial charge in [-0.2, -0.15) is 5.10 Å². The number of hydrazone groups is 1. The molecule has 2 rings (SSSR count). The molecule has 0 spiro atoms. The van der Waals surface area contributed by atoms with Gasteiger partial charge in [-0.05, 0) is 30.9 Å². The van der Waals surface area contributed by atoms with Crippen LogP contribution in [0.1, 0.15) is 19.8 Å². The Morgan fingerprint density at radius 3 is 2.86 bits per heavy atom. The monoisotopic (exact) mass is 281 g/mol. The Labute approximate surface area is 124 Å². The number of carbonyl (C=O) groups is 2. The highest BCUT2D eigenvalue weighted by atomic mass is 16.2. The largest absolute Gasteiger partial charge is 0.305 e. The average Bonchev–Trinajstić information content (AvgIpc) is 3.00. The minimum absolute atomic E-state index is 0.193. The van der Waals surface area contributed by atoms with Crippen LogP contribution in [0.4, 0.5) is 0 Å². The minimum atomic E-state index is -0.281. The van der Waals surface area contributed by atoms with E-state index in [9.17, 15) is 9.59 Å². The van der Waals surface area contributed by atoms with E-state index in [4.69, 9.17) is 6.42 Å². The fraction of sp³-hybridized carbons (Fsp3) is 0.312. The van der Waals surface area contributed by atoms with Crippen molar-refractivity contribution in [3.05, 3.63) is 23.4 Å². The molecule has 5 heteroatoms. The molecule has 106 valence electrons. The minimum Gasteiger partial charge on any atom is -0.305 e. The molecule has 0 aromatic carbocycles. The van der Waals surface area contributed by atoms with Crippen molar-refractivity contribution in [1.29, 1.82) is 0 Å². The van der Waals surface area contributed by atoms with Crippen LogP contribution in [0.2, 0.25) is 0 Å². The van der Waals surface area contributed by atoms with Crippen LogP contribution in [0.15, 0.2) is 28.5 Å². The zero-order valence-corrected chi connectivity index (χ0v) is 12.0. The summed E-state index contributed by atoms with van der Waals surface area (Å²) in [5, 5.41) is 5.12. The van der Waals surface area contributed by atoms with Gasteiger partial charge in [0.2, 0.25) is 0 Å². The third-order valence-corrected chi connectivity index (χ3v) is 3.23. The van der Waals surface area contributed by atoms with Gasteiger partial charge in [0, 0.05) is 38.2 Å². The third kappa shape index (κ3) is 3.04. The average molecular weight is 281 g/mol. The summed E-state index contributed by atoms with van der Waals surface area (Å²) in [6, 6.07) is 2.87. The van der Waals surface area contributed by atoms with Crippen molar-refractivity contribution >= 4 is 17.4 Å². The number of hydrogen-bond donors (Lipinski definition) is 0. The number of hydrogen-bond acceptors (Lipinski definition) is 4. The lowest BCUT2D eigenvalue weighted by Crippen LogP contribution is -2.18. The fourth-order valence-electron chi connectivity index (χ4n) is 2.21. The molecule has 0 atom stereocenters. The van der Waals surface area contributed by atoms with E-state index >= 15 is 0 Å². The van der Waals surface area contributed by atoms with Crippen LogP contribution in [0, 0.1) is 24.3 Å². The summed E-state index contributed by atoms with van der Waals surface area (Å²) in [7, 11) is 1.53. The van der Waals surface area contributed by atoms with E-state index in [0.717, 1.165) is 25.1 Å². The second-order valence-corrected chi connectivity index (χ2v) is 4.71. The van der Waals surface area contributed by atoms with Crippen LogP contribution in [-0.2, 0) is 9.59 Å². The number of terminal acetylenes is 1. The Bertz CT molecular complexity index is 681. The Morgan fingerprint density at radius 1 is 1.43 bits per heavy atom. The maximum Gasteiger partial charge on any atom is 0.276 e. The van der Waals surface area contributed by atoms with Crippen molar-refractivity contribution in [1.82, 2.24) is 9.91 Å². The van der Waals surface area contributed by atoms with Crippen LogP contribution in [0.3, 0.4) is 0 Å². The molecule has 0 aromatic heterocycles. The Kier molecular flexibility index (Phi) is 4.25. The van der Waals surface area contributed by atoms with Crippen molar-refractivity contribution in [2.45, 2.75) is 19.8 Å². The second kappa shape index (κ2) is 6.11. The summed E-state index contributed by atoms with van der Waals surface area (Å²) >= 11 is 0. The van der Waals surface area contributed by atoms with E-state index in [1.165, 1.54) is 19.0 Å². The molecule has 1 saturated heterocycles. The highest BCUT2D eigenvalue weighted by molar-refractivity contribution is 6.52. The van der Waals surface area contributed by atoms with E-state index in [-0.39, 0.29) is 17.4 Å². The molecule has 2 heterocycles. The third-order valence-electron chi connectivity index (χ3n) is 3.23. The number of carbonyl (C=O) groups excluding carboxylic acids is 2. The highest BCUT2D eigenvalue weighted by Crippen LogP contribution is 2.21. The molecular formula is C16H15N3O2. The molecule has 1 fully saturated rings. The molecule has 0 unspecified atom stereocenters. The number of likely N-dealkylation sites (tertiary alicyclic amines) is 1. The van der Waals surface area contributed by atoms with Crippen LogP contribution in [0.5, 0.6) is 0 Å². The lowest BCUT2D eigenvalue weighted by molar-refractivity contribution is -0.124. The molecule has 0 saturated carbocycles. The quantitative estimate of drug-likeness (QED) is 0.558. The van der Waals surface area contributed by atoms with E-state index in [0.29, 0.717) is 5.57 Å². The van der Waals surface area contributed by atoms with Crippen LogP contribution < -0.4 is 0 Å². The molecule has 2 aliphatic heterocycles. The molecular weight excluding hydrogens is 266 g/mol. The highest BCUT2D eigenvalue weighted by Gasteiger charge is 2.29. The van der Waals surface area contributed by atoms with Gasteiger partial charge in [0.25, 0.3) is 5.91 Å². The summed E-state index contributed by atoms with van der Waals surface area (Å²) in [5.41, 5.74) is 1.49. The summed E-state index contributed by atoms with van der Waals surface area (Å²) < 4.78 is 0. The predicted octanol–water partition coefficient (Wildman–Crippen LogP) is 0.904. The van der Waals surface area contributed by atoms with Gasteiger partial charge in [-0.1, -0.05) is 0 Å². The number of nitrogens with zero attached hydrogens (tertiary/aromatic N) is 3. The summed E-state index contributed by atoms with van der Waals surface area (Å²) in [5.74, 6) is 4.35. The first-order valence-corrected chi connectivity index (χ1v) is 6.57. The smallest absolute Gasteiger partial charge is 0.276 e. The topological polar surface area (TPSA) is 53.0 Å². The normalized spacial score (nSPS) is 21.4. The molecule has 0 N–H and O–H groups in total. The lowest BCUT2D eigenvalue weighted by atomic mass is 10.1. The van der Waals surface area contributed by atoms with Gasteiger partial charge in [0.05, 0.1) is 5.57 Å². The van der Waals surface area contributed by atoms with Crippen LogP contribution in [0.25, 0.3) is 0 Å². The van der Waals surface area contributed by atoms with Gasteiger partial charge in [0.15, 0.2) is 5.78 Å². The van der Waals surface area contributed by atoms with Crippen molar-refractivity contribution in [3.63, 3.8) is 0 Å². The predicted molar refractivity (Wildman–Crippen MR) is 79.6 cm³/mol. The first kappa shape index (κ1) is 14.6. The molecule has 0 aromatic rings. The number of Topliss-reactive ketones (excluding diaryl/α,β-unsaturated/α-hetero) is 1. The zero-order valence-electron chi connectivity index (χ0n) is 12.0. The molecule has 2 aliphatic rings. The maximum absolute atomic E-state index is 12.0. The van der Waals surface area contributed by atoms with Gasteiger partial charge in [-0.15, -0.1) is 6.42 Å². The Morgan fingerprint density at radius 2 is 2.19 bits per heavy atom. The van der Waals surface area contributed by atoms with Gasteiger partial charge < -0.3 is 4.90 Å². The van der Waals surface area contributed by atoms with Crippen molar-refractivity contribution in [2.24, 2.45) is 5.10 Å². The Hall–Kier alpha value is -2.79. The number of rotatable bonds is 2. The first-order valence-electron chi connectivity index (χ1n) is 6.57. The number of allylic oxidation sites excluding steroid dienone is 3.